The number of benzene rings is 1. The van der Waals surface area contributed by atoms with Crippen molar-refractivity contribution in [2.75, 3.05) is 18.4 Å². The summed E-state index contributed by atoms with van der Waals surface area (Å²) in [5.74, 6) is -0.939. The minimum atomic E-state index is -3.70. The van der Waals surface area contributed by atoms with Crippen LogP contribution in [0.1, 0.15) is 18.5 Å². The number of halogens is 1. The zero-order valence-electron chi connectivity index (χ0n) is 16.7. The number of pyridine rings is 1. The summed E-state index contributed by atoms with van der Waals surface area (Å²) >= 11 is 0. The molecule has 3 heterocycles. The molecular weight excluding hydrogens is 409 g/mol. The highest BCUT2D eigenvalue weighted by molar-refractivity contribution is 7.89. The van der Waals surface area contributed by atoms with Gasteiger partial charge in [0.2, 0.25) is 15.9 Å². The van der Waals surface area contributed by atoms with E-state index in [2.05, 4.69) is 15.4 Å². The summed E-state index contributed by atoms with van der Waals surface area (Å²) in [7, 11) is -1.88. The first-order valence-corrected chi connectivity index (χ1v) is 11.1. The number of piperidine rings is 1. The van der Waals surface area contributed by atoms with Crippen LogP contribution in [-0.2, 0) is 21.9 Å². The molecule has 1 aliphatic heterocycles. The van der Waals surface area contributed by atoms with Crippen molar-refractivity contribution < 1.29 is 17.6 Å². The highest BCUT2D eigenvalue weighted by Gasteiger charge is 2.32. The molecule has 30 heavy (non-hydrogen) atoms. The SMILES string of the molecule is Cc1nn(C)c2ncc(NC(=O)C3CCN(S(=O)(=O)c4ccc(F)cc4)CC3)cc12. The van der Waals surface area contributed by atoms with Gasteiger partial charge in [0.25, 0.3) is 0 Å². The van der Waals surface area contributed by atoms with Crippen molar-refractivity contribution in [2.24, 2.45) is 13.0 Å². The Balaban J connectivity index is 1.41. The molecule has 1 N–H and O–H groups in total. The molecule has 1 aromatic carbocycles. The number of rotatable bonds is 4. The van der Waals surface area contributed by atoms with E-state index >= 15 is 0 Å². The topological polar surface area (TPSA) is 97.2 Å². The summed E-state index contributed by atoms with van der Waals surface area (Å²) in [4.78, 5) is 17.1. The van der Waals surface area contributed by atoms with E-state index in [1.807, 2.05) is 20.0 Å². The smallest absolute Gasteiger partial charge is 0.243 e. The summed E-state index contributed by atoms with van der Waals surface area (Å²) in [6.07, 6.45) is 2.41. The molecule has 0 unspecified atom stereocenters. The fourth-order valence-corrected chi connectivity index (χ4v) is 5.20. The van der Waals surface area contributed by atoms with E-state index in [9.17, 15) is 17.6 Å². The number of carbonyl (C=O) groups is 1. The highest BCUT2D eigenvalue weighted by Crippen LogP contribution is 2.26. The Morgan fingerprint density at radius 1 is 1.20 bits per heavy atom. The first kappa shape index (κ1) is 20.4. The molecule has 1 saturated heterocycles. The second kappa shape index (κ2) is 7.77. The maximum atomic E-state index is 13.1. The van der Waals surface area contributed by atoms with Crippen LogP contribution in [0.5, 0.6) is 0 Å². The third-order valence-electron chi connectivity index (χ3n) is 5.41. The second-order valence-corrected chi connectivity index (χ2v) is 9.36. The van der Waals surface area contributed by atoms with Crippen LogP contribution in [0.2, 0.25) is 0 Å². The molecule has 0 saturated carbocycles. The molecule has 4 rings (SSSR count). The number of hydrogen-bond acceptors (Lipinski definition) is 5. The molecular formula is C20H22FN5O3S. The van der Waals surface area contributed by atoms with Gasteiger partial charge in [0.05, 0.1) is 22.5 Å². The second-order valence-electron chi connectivity index (χ2n) is 7.43. The Bertz CT molecular complexity index is 1200. The van der Waals surface area contributed by atoms with E-state index in [0.717, 1.165) is 28.9 Å². The fourth-order valence-electron chi connectivity index (χ4n) is 3.73. The third-order valence-corrected chi connectivity index (χ3v) is 7.32. The van der Waals surface area contributed by atoms with Crippen molar-refractivity contribution in [3.63, 3.8) is 0 Å². The zero-order chi connectivity index (χ0) is 21.5. The van der Waals surface area contributed by atoms with Crippen LogP contribution in [0.15, 0.2) is 41.4 Å². The first-order chi connectivity index (χ1) is 14.3. The van der Waals surface area contributed by atoms with Gasteiger partial charge in [-0.2, -0.15) is 9.40 Å². The number of sulfonamides is 1. The predicted octanol–water partition coefficient (Wildman–Crippen LogP) is 2.46. The van der Waals surface area contributed by atoms with Gasteiger partial charge < -0.3 is 5.32 Å². The summed E-state index contributed by atoms with van der Waals surface area (Å²) < 4.78 is 41.5. The van der Waals surface area contributed by atoms with Gasteiger partial charge in [-0.3, -0.25) is 9.48 Å². The molecule has 1 amide bonds. The monoisotopic (exact) mass is 431 g/mol. The quantitative estimate of drug-likeness (QED) is 0.684. The average molecular weight is 431 g/mol. The number of nitrogens with zero attached hydrogens (tertiary/aromatic N) is 4. The van der Waals surface area contributed by atoms with Crippen molar-refractivity contribution in [2.45, 2.75) is 24.7 Å². The van der Waals surface area contributed by atoms with Gasteiger partial charge in [-0.1, -0.05) is 0 Å². The van der Waals surface area contributed by atoms with Crippen LogP contribution < -0.4 is 5.32 Å². The van der Waals surface area contributed by atoms with E-state index in [1.165, 1.54) is 16.4 Å². The summed E-state index contributed by atoms with van der Waals surface area (Å²) in [6.45, 7) is 2.35. The molecule has 158 valence electrons. The lowest BCUT2D eigenvalue weighted by Crippen LogP contribution is -2.41. The van der Waals surface area contributed by atoms with Gasteiger partial charge in [0.1, 0.15) is 5.82 Å². The van der Waals surface area contributed by atoms with Crippen LogP contribution in [-0.4, -0.2) is 46.5 Å². The van der Waals surface area contributed by atoms with Gasteiger partial charge in [-0.05, 0) is 50.1 Å². The molecule has 0 aliphatic carbocycles. The van der Waals surface area contributed by atoms with Gasteiger partial charge >= 0.3 is 0 Å². The van der Waals surface area contributed by atoms with E-state index in [1.54, 1.807) is 10.9 Å². The number of anilines is 1. The number of aromatic nitrogens is 3. The van der Waals surface area contributed by atoms with Crippen LogP contribution >= 0.6 is 0 Å². The van der Waals surface area contributed by atoms with Crippen molar-refractivity contribution in [3.05, 3.63) is 48.0 Å². The Morgan fingerprint density at radius 3 is 2.53 bits per heavy atom. The average Bonchev–Trinajstić information content (AvgIpc) is 3.01. The maximum absolute atomic E-state index is 13.1. The molecule has 0 spiro atoms. The maximum Gasteiger partial charge on any atom is 0.243 e. The van der Waals surface area contributed by atoms with Crippen molar-refractivity contribution in [1.29, 1.82) is 0 Å². The number of carbonyl (C=O) groups excluding carboxylic acids is 1. The standard InChI is InChI=1S/C20H22FN5O3S/c1-13-18-11-16(12-22-19(18)25(2)24-13)23-20(27)14-7-9-26(10-8-14)30(28,29)17-5-3-15(21)4-6-17/h3-6,11-12,14H,7-10H2,1-2H3,(H,23,27). The van der Waals surface area contributed by atoms with Crippen molar-refractivity contribution >= 4 is 32.7 Å². The van der Waals surface area contributed by atoms with Gasteiger partial charge in [0, 0.05) is 31.4 Å². The molecule has 2 aromatic heterocycles. The lowest BCUT2D eigenvalue weighted by Gasteiger charge is -2.30. The normalized spacial score (nSPS) is 16.1. The zero-order valence-corrected chi connectivity index (χ0v) is 17.5. The first-order valence-electron chi connectivity index (χ1n) is 9.61. The molecule has 0 atom stereocenters. The van der Waals surface area contributed by atoms with Crippen LogP contribution in [0, 0.1) is 18.7 Å². The van der Waals surface area contributed by atoms with Gasteiger partial charge in [-0.25, -0.2) is 17.8 Å². The van der Waals surface area contributed by atoms with Crippen LogP contribution in [0.3, 0.4) is 0 Å². The lowest BCUT2D eigenvalue weighted by atomic mass is 9.97. The summed E-state index contributed by atoms with van der Waals surface area (Å²) in [5, 5.41) is 8.07. The van der Waals surface area contributed by atoms with E-state index in [-0.39, 0.29) is 29.8 Å². The summed E-state index contributed by atoms with van der Waals surface area (Å²) in [6, 6.07) is 6.61. The minimum absolute atomic E-state index is 0.0537. The highest BCUT2D eigenvalue weighted by atomic mass is 32.2. The van der Waals surface area contributed by atoms with Crippen molar-refractivity contribution in [3.8, 4) is 0 Å². The molecule has 3 aromatic rings. The molecule has 1 aliphatic rings. The number of nitrogens with one attached hydrogen (secondary N) is 1. The van der Waals surface area contributed by atoms with Gasteiger partial charge in [0.15, 0.2) is 5.65 Å². The Kier molecular flexibility index (Phi) is 5.29. The van der Waals surface area contributed by atoms with Crippen LogP contribution in [0.25, 0.3) is 11.0 Å². The third kappa shape index (κ3) is 3.80. The Morgan fingerprint density at radius 2 is 1.87 bits per heavy atom. The van der Waals surface area contributed by atoms with Crippen molar-refractivity contribution in [1.82, 2.24) is 19.1 Å². The molecule has 1 fully saturated rings. The van der Waals surface area contributed by atoms with E-state index in [0.29, 0.717) is 18.5 Å². The number of hydrogen-bond donors (Lipinski definition) is 1. The number of amides is 1. The molecule has 8 nitrogen and oxygen atoms in total. The minimum Gasteiger partial charge on any atom is -0.324 e. The van der Waals surface area contributed by atoms with E-state index < -0.39 is 15.8 Å². The predicted molar refractivity (Wildman–Crippen MR) is 110 cm³/mol. The molecule has 10 heteroatoms. The lowest BCUT2D eigenvalue weighted by molar-refractivity contribution is -0.120. The van der Waals surface area contributed by atoms with Gasteiger partial charge in [-0.15, -0.1) is 0 Å². The van der Waals surface area contributed by atoms with Crippen LogP contribution in [0.4, 0.5) is 10.1 Å². The summed E-state index contributed by atoms with van der Waals surface area (Å²) in [5.41, 5.74) is 2.16. The number of fused-ring (bicyclic) bond motifs is 1. The fraction of sp³-hybridized carbons (Fsp3) is 0.350. The Labute approximate surface area is 173 Å². The largest absolute Gasteiger partial charge is 0.324 e. The molecule has 0 bridgehead atoms. The van der Waals surface area contributed by atoms with E-state index in [4.69, 9.17) is 0 Å². The Hall–Kier alpha value is -2.85. The molecule has 0 radical (unpaired) electrons. The number of aryl methyl sites for hydroxylation is 2.